The van der Waals surface area contributed by atoms with Crippen molar-refractivity contribution in [3.8, 4) is 0 Å². The van der Waals surface area contributed by atoms with Gasteiger partial charge in [-0.15, -0.1) is 0 Å². The van der Waals surface area contributed by atoms with E-state index in [0.717, 1.165) is 26.7 Å². The fourth-order valence-electron chi connectivity index (χ4n) is 1.96. The molecule has 98 valence electrons. The van der Waals surface area contributed by atoms with Crippen molar-refractivity contribution in [2.24, 2.45) is 0 Å². The first-order chi connectivity index (χ1) is 8.97. The molecule has 2 aromatic rings. The molecule has 0 bridgehead atoms. The van der Waals surface area contributed by atoms with E-state index < -0.39 is 0 Å². The normalized spacial score (nSPS) is 10.5. The third-order valence-corrected chi connectivity index (χ3v) is 4.19. The van der Waals surface area contributed by atoms with Crippen LogP contribution in [0.5, 0.6) is 0 Å². The Labute approximate surface area is 126 Å². The van der Waals surface area contributed by atoms with Gasteiger partial charge in [-0.25, -0.2) is 0 Å². The predicted molar refractivity (Wildman–Crippen MR) is 83.1 cm³/mol. The molecule has 0 unspecified atom stereocenters. The average Bonchev–Trinajstić information content (AvgIpc) is 2.36. The van der Waals surface area contributed by atoms with Crippen LogP contribution in [0, 0.1) is 13.8 Å². The van der Waals surface area contributed by atoms with Crippen molar-refractivity contribution in [3.05, 3.63) is 68.1 Å². The molecule has 0 fully saturated rings. The minimum absolute atomic E-state index is 0.135. The Bertz CT molecular complexity index is 617. The van der Waals surface area contributed by atoms with E-state index in [-0.39, 0.29) is 5.78 Å². The van der Waals surface area contributed by atoms with E-state index in [2.05, 4.69) is 15.9 Å². The number of hydrogen-bond donors (Lipinski definition) is 0. The van der Waals surface area contributed by atoms with Crippen molar-refractivity contribution >= 4 is 33.3 Å². The summed E-state index contributed by atoms with van der Waals surface area (Å²) >= 11 is 9.32. The van der Waals surface area contributed by atoms with E-state index in [4.69, 9.17) is 11.6 Å². The molecule has 0 aliphatic rings. The molecule has 0 aliphatic heterocycles. The summed E-state index contributed by atoms with van der Waals surface area (Å²) in [6.07, 6.45) is 0.402. The number of carbonyl (C=O) groups is 1. The van der Waals surface area contributed by atoms with E-state index in [1.54, 1.807) is 0 Å². The maximum Gasteiger partial charge on any atom is 0.167 e. The molecule has 0 atom stereocenters. The van der Waals surface area contributed by atoms with Crippen molar-refractivity contribution in [1.29, 1.82) is 0 Å². The molecular formula is C16H14BrClO. The van der Waals surface area contributed by atoms with Crippen molar-refractivity contribution in [2.75, 3.05) is 0 Å². The maximum atomic E-state index is 12.3. The second-order valence-corrected chi connectivity index (χ2v) is 5.93. The SMILES string of the molecule is Cc1cc(C(=O)Cc2ccc(Cl)cc2)c(C)cc1Br. The van der Waals surface area contributed by atoms with Gasteiger partial charge in [0.1, 0.15) is 0 Å². The van der Waals surface area contributed by atoms with Crippen molar-refractivity contribution in [2.45, 2.75) is 20.3 Å². The number of Topliss-reactive ketones (excluding diaryl/α,β-unsaturated/α-hetero) is 1. The third-order valence-electron chi connectivity index (χ3n) is 3.08. The summed E-state index contributed by atoms with van der Waals surface area (Å²) in [7, 11) is 0. The van der Waals surface area contributed by atoms with Crippen LogP contribution in [0.4, 0.5) is 0 Å². The van der Waals surface area contributed by atoms with Crippen molar-refractivity contribution < 1.29 is 4.79 Å². The van der Waals surface area contributed by atoms with Gasteiger partial charge in [-0.2, -0.15) is 0 Å². The zero-order valence-corrected chi connectivity index (χ0v) is 13.2. The van der Waals surface area contributed by atoms with Gasteiger partial charge in [0, 0.05) is 21.5 Å². The quantitative estimate of drug-likeness (QED) is 0.708. The minimum Gasteiger partial charge on any atom is -0.294 e. The molecule has 0 saturated carbocycles. The molecule has 2 rings (SSSR count). The molecule has 3 heteroatoms. The maximum absolute atomic E-state index is 12.3. The van der Waals surface area contributed by atoms with Gasteiger partial charge in [0.05, 0.1) is 0 Å². The van der Waals surface area contributed by atoms with Gasteiger partial charge in [0.25, 0.3) is 0 Å². The standard InChI is InChI=1S/C16H14BrClO/c1-10-8-15(17)11(2)7-14(10)16(19)9-12-3-5-13(18)6-4-12/h3-8H,9H2,1-2H3. The van der Waals surface area contributed by atoms with Gasteiger partial charge < -0.3 is 0 Å². The van der Waals surface area contributed by atoms with Crippen molar-refractivity contribution in [1.82, 2.24) is 0 Å². The molecular weight excluding hydrogens is 324 g/mol. The zero-order valence-electron chi connectivity index (χ0n) is 10.8. The lowest BCUT2D eigenvalue weighted by atomic mass is 9.97. The van der Waals surface area contributed by atoms with Gasteiger partial charge in [-0.3, -0.25) is 4.79 Å². The van der Waals surface area contributed by atoms with Crippen LogP contribution >= 0.6 is 27.5 Å². The molecule has 0 amide bonds. The molecule has 0 heterocycles. The highest BCUT2D eigenvalue weighted by Crippen LogP contribution is 2.22. The Hall–Kier alpha value is -1.12. The first-order valence-electron chi connectivity index (χ1n) is 6.02. The lowest BCUT2D eigenvalue weighted by Gasteiger charge is -2.08. The second-order valence-electron chi connectivity index (χ2n) is 4.64. The molecule has 0 N–H and O–H groups in total. The number of carbonyl (C=O) groups excluding carboxylic acids is 1. The largest absolute Gasteiger partial charge is 0.294 e. The monoisotopic (exact) mass is 336 g/mol. The predicted octanol–water partition coefficient (Wildman–Crippen LogP) is 5.14. The van der Waals surface area contributed by atoms with E-state index in [9.17, 15) is 4.79 Å². The van der Waals surface area contributed by atoms with Crippen LogP contribution in [0.1, 0.15) is 27.0 Å². The second kappa shape index (κ2) is 5.89. The summed E-state index contributed by atoms with van der Waals surface area (Å²) in [6, 6.07) is 11.3. The fraction of sp³-hybridized carbons (Fsp3) is 0.188. The van der Waals surface area contributed by atoms with Gasteiger partial charge in [-0.05, 0) is 54.8 Å². The van der Waals surface area contributed by atoms with Gasteiger partial charge >= 0.3 is 0 Å². The molecule has 19 heavy (non-hydrogen) atoms. The van der Waals surface area contributed by atoms with Crippen LogP contribution < -0.4 is 0 Å². The minimum atomic E-state index is 0.135. The van der Waals surface area contributed by atoms with E-state index in [1.807, 2.05) is 50.2 Å². The first kappa shape index (κ1) is 14.3. The summed E-state index contributed by atoms with van der Waals surface area (Å²) in [5.74, 6) is 0.135. The average molecular weight is 338 g/mol. The lowest BCUT2D eigenvalue weighted by molar-refractivity contribution is 0.0992. The Morgan fingerprint density at radius 3 is 2.37 bits per heavy atom. The van der Waals surface area contributed by atoms with Crippen LogP contribution in [0.25, 0.3) is 0 Å². The molecule has 0 aromatic heterocycles. The number of halogens is 2. The first-order valence-corrected chi connectivity index (χ1v) is 7.19. The van der Waals surface area contributed by atoms with E-state index in [1.165, 1.54) is 0 Å². The van der Waals surface area contributed by atoms with Crippen molar-refractivity contribution in [3.63, 3.8) is 0 Å². The summed E-state index contributed by atoms with van der Waals surface area (Å²) in [4.78, 5) is 12.3. The Morgan fingerprint density at radius 1 is 1.11 bits per heavy atom. The highest BCUT2D eigenvalue weighted by atomic mass is 79.9. The topological polar surface area (TPSA) is 17.1 Å². The van der Waals surface area contributed by atoms with Crippen LogP contribution in [-0.4, -0.2) is 5.78 Å². The summed E-state index contributed by atoms with van der Waals surface area (Å²) in [5.41, 5.74) is 3.84. The molecule has 0 aliphatic carbocycles. The number of rotatable bonds is 3. The molecule has 1 nitrogen and oxygen atoms in total. The van der Waals surface area contributed by atoms with Crippen LogP contribution in [0.3, 0.4) is 0 Å². The smallest absolute Gasteiger partial charge is 0.167 e. The number of aryl methyl sites for hydroxylation is 2. The number of hydrogen-bond acceptors (Lipinski definition) is 1. The van der Waals surface area contributed by atoms with Crippen LogP contribution in [0.2, 0.25) is 5.02 Å². The fourth-order valence-corrected chi connectivity index (χ4v) is 2.55. The lowest BCUT2D eigenvalue weighted by Crippen LogP contribution is -2.06. The highest BCUT2D eigenvalue weighted by Gasteiger charge is 2.11. The zero-order chi connectivity index (χ0) is 14.0. The Kier molecular flexibility index (Phi) is 4.43. The molecule has 0 radical (unpaired) electrons. The van der Waals surface area contributed by atoms with Crippen LogP contribution in [0.15, 0.2) is 40.9 Å². The summed E-state index contributed by atoms with van der Waals surface area (Å²) in [6.45, 7) is 3.95. The van der Waals surface area contributed by atoms with E-state index >= 15 is 0 Å². The van der Waals surface area contributed by atoms with Gasteiger partial charge in [0.2, 0.25) is 0 Å². The Balaban J connectivity index is 2.25. The number of ketones is 1. The molecule has 0 saturated heterocycles. The third kappa shape index (κ3) is 3.46. The summed E-state index contributed by atoms with van der Waals surface area (Å²) < 4.78 is 1.04. The Morgan fingerprint density at radius 2 is 1.74 bits per heavy atom. The van der Waals surface area contributed by atoms with Gasteiger partial charge in [0.15, 0.2) is 5.78 Å². The summed E-state index contributed by atoms with van der Waals surface area (Å²) in [5, 5.41) is 0.687. The molecule has 0 spiro atoms. The highest BCUT2D eigenvalue weighted by molar-refractivity contribution is 9.10. The van der Waals surface area contributed by atoms with Gasteiger partial charge in [-0.1, -0.05) is 39.7 Å². The number of benzene rings is 2. The van der Waals surface area contributed by atoms with Crippen LogP contribution in [-0.2, 0) is 6.42 Å². The van der Waals surface area contributed by atoms with E-state index in [0.29, 0.717) is 11.4 Å². The molecule has 2 aromatic carbocycles.